The minimum Gasteiger partial charge on any atom is -0.384 e. The van der Waals surface area contributed by atoms with E-state index < -0.39 is 0 Å². The molecule has 0 aliphatic heterocycles. The number of rotatable bonds is 5. The second-order valence-corrected chi connectivity index (χ2v) is 3.75. The van der Waals surface area contributed by atoms with Crippen LogP contribution >= 0.6 is 0 Å². The van der Waals surface area contributed by atoms with E-state index in [1.54, 1.807) is 0 Å². The van der Waals surface area contributed by atoms with Crippen molar-refractivity contribution in [1.29, 1.82) is 0 Å². The number of hydrogen-bond acceptors (Lipinski definition) is 2. The third-order valence-corrected chi connectivity index (χ3v) is 2.73. The summed E-state index contributed by atoms with van der Waals surface area (Å²) in [6.45, 7) is 6.13. The normalized spacial score (nSPS) is 13.1. The maximum Gasteiger partial charge on any atom is 0.283 e. The summed E-state index contributed by atoms with van der Waals surface area (Å²) >= 11 is 0. The lowest BCUT2D eigenvalue weighted by Gasteiger charge is -2.11. The molecule has 3 nitrogen and oxygen atoms in total. The number of aryl methyl sites for hydroxylation is 1. The van der Waals surface area contributed by atoms with Gasteiger partial charge in [0.2, 0.25) is 0 Å². The fourth-order valence-corrected chi connectivity index (χ4v) is 1.87. The topological polar surface area (TPSA) is 46.0 Å². The maximum atomic E-state index is 11.5. The highest BCUT2D eigenvalue weighted by Crippen LogP contribution is 2.24. The van der Waals surface area contributed by atoms with E-state index in [2.05, 4.69) is 19.0 Å². The molecule has 1 heterocycles. The molecule has 0 saturated carbocycles. The maximum absolute atomic E-state index is 11.5. The van der Waals surface area contributed by atoms with E-state index in [1.807, 2.05) is 6.92 Å². The highest BCUT2D eigenvalue weighted by molar-refractivity contribution is 5.17. The molecule has 1 aromatic rings. The second-order valence-electron chi connectivity index (χ2n) is 3.75. The molecule has 1 rings (SSSR count). The van der Waals surface area contributed by atoms with Gasteiger partial charge in [-0.15, -0.1) is 0 Å². The molecule has 3 heteroatoms. The fourth-order valence-electron chi connectivity index (χ4n) is 1.87. The Hall–Kier alpha value is -0.990. The third-order valence-electron chi connectivity index (χ3n) is 2.73. The van der Waals surface area contributed by atoms with Crippen molar-refractivity contribution in [3.63, 3.8) is 0 Å². The largest absolute Gasteiger partial charge is 0.384 e. The van der Waals surface area contributed by atoms with Crippen LogP contribution in [0, 0.1) is 6.92 Å². The lowest BCUT2D eigenvalue weighted by molar-refractivity contribution is 0.389. The average Bonchev–Trinajstić information content (AvgIpc) is 2.50. The fraction of sp³-hybridized carbons (Fsp3) is 0.727. The molecule has 0 aromatic carbocycles. The van der Waals surface area contributed by atoms with Crippen molar-refractivity contribution in [1.82, 2.24) is 5.16 Å². The molecular weight excluding hydrogens is 178 g/mol. The molecule has 1 unspecified atom stereocenters. The van der Waals surface area contributed by atoms with Crippen molar-refractivity contribution >= 4 is 0 Å². The average molecular weight is 197 g/mol. The minimum absolute atomic E-state index is 0.0505. The SMILES string of the molecule is CCCCC(CC)c1c(C)o[nH]c1=O. The number of H-pyrrole nitrogens is 1. The number of aromatic amines is 1. The highest BCUT2D eigenvalue weighted by atomic mass is 16.5. The Balaban J connectivity index is 2.83. The van der Waals surface area contributed by atoms with E-state index >= 15 is 0 Å². The van der Waals surface area contributed by atoms with Gasteiger partial charge in [-0.2, -0.15) is 5.16 Å². The summed E-state index contributed by atoms with van der Waals surface area (Å²) in [5.41, 5.74) is 0.798. The molecule has 0 amide bonds. The van der Waals surface area contributed by atoms with E-state index in [4.69, 9.17) is 4.52 Å². The summed E-state index contributed by atoms with van der Waals surface area (Å²) in [5.74, 6) is 1.11. The molecule has 1 aromatic heterocycles. The van der Waals surface area contributed by atoms with Crippen LogP contribution in [-0.2, 0) is 0 Å². The molecule has 14 heavy (non-hydrogen) atoms. The summed E-state index contributed by atoms with van der Waals surface area (Å²) in [4.78, 5) is 11.5. The predicted octanol–water partition coefficient (Wildman–Crippen LogP) is 2.96. The van der Waals surface area contributed by atoms with E-state index in [9.17, 15) is 4.79 Å². The van der Waals surface area contributed by atoms with Crippen LogP contribution in [0.1, 0.15) is 56.8 Å². The van der Waals surface area contributed by atoms with Gasteiger partial charge in [0.05, 0.1) is 5.56 Å². The van der Waals surface area contributed by atoms with Crippen LogP contribution in [0.3, 0.4) is 0 Å². The van der Waals surface area contributed by atoms with Crippen LogP contribution in [0.15, 0.2) is 9.32 Å². The van der Waals surface area contributed by atoms with Crippen LogP contribution in [0.2, 0.25) is 0 Å². The molecule has 0 saturated heterocycles. The number of hydrogen-bond donors (Lipinski definition) is 1. The van der Waals surface area contributed by atoms with Crippen molar-refractivity contribution in [2.45, 2.75) is 52.4 Å². The van der Waals surface area contributed by atoms with E-state index in [0.29, 0.717) is 5.92 Å². The first-order chi connectivity index (χ1) is 6.70. The summed E-state index contributed by atoms with van der Waals surface area (Å²) < 4.78 is 5.02. The number of aromatic nitrogens is 1. The van der Waals surface area contributed by atoms with Crippen LogP contribution in [0.4, 0.5) is 0 Å². The Morgan fingerprint density at radius 3 is 2.57 bits per heavy atom. The first-order valence-electron chi connectivity index (χ1n) is 5.38. The zero-order valence-corrected chi connectivity index (χ0v) is 9.22. The van der Waals surface area contributed by atoms with Gasteiger partial charge in [0.15, 0.2) is 0 Å². The Kier molecular flexibility index (Phi) is 3.98. The van der Waals surface area contributed by atoms with Crippen LogP contribution < -0.4 is 5.56 Å². The number of nitrogens with one attached hydrogen (secondary N) is 1. The third kappa shape index (κ3) is 2.28. The summed E-state index contributed by atoms with van der Waals surface area (Å²) in [6, 6.07) is 0. The van der Waals surface area contributed by atoms with Crippen molar-refractivity contribution in [2.75, 3.05) is 0 Å². The molecule has 0 bridgehead atoms. The van der Waals surface area contributed by atoms with Gasteiger partial charge >= 0.3 is 0 Å². The first kappa shape index (κ1) is 11.1. The summed E-state index contributed by atoms with van der Waals surface area (Å²) in [5, 5.41) is 2.40. The molecular formula is C11H19NO2. The van der Waals surface area contributed by atoms with Gasteiger partial charge in [0, 0.05) is 0 Å². The second kappa shape index (κ2) is 5.03. The molecule has 1 atom stereocenters. The lowest BCUT2D eigenvalue weighted by atomic mass is 9.92. The van der Waals surface area contributed by atoms with Gasteiger partial charge in [-0.05, 0) is 25.7 Å². The highest BCUT2D eigenvalue weighted by Gasteiger charge is 2.18. The first-order valence-corrected chi connectivity index (χ1v) is 5.38. The van der Waals surface area contributed by atoms with Crippen molar-refractivity contribution in [2.24, 2.45) is 0 Å². The van der Waals surface area contributed by atoms with E-state index in [-0.39, 0.29) is 5.56 Å². The van der Waals surface area contributed by atoms with Crippen LogP contribution in [0.5, 0.6) is 0 Å². The molecule has 0 spiro atoms. The van der Waals surface area contributed by atoms with Gasteiger partial charge in [0.25, 0.3) is 5.56 Å². The Bertz CT molecular complexity index is 324. The molecule has 1 N–H and O–H groups in total. The molecule has 0 aliphatic rings. The number of unbranched alkanes of at least 4 members (excludes halogenated alkanes) is 1. The minimum atomic E-state index is -0.0505. The van der Waals surface area contributed by atoms with Crippen LogP contribution in [0.25, 0.3) is 0 Å². The van der Waals surface area contributed by atoms with Gasteiger partial charge in [-0.1, -0.05) is 26.7 Å². The monoisotopic (exact) mass is 197 g/mol. The molecule has 0 fully saturated rings. The smallest absolute Gasteiger partial charge is 0.283 e. The van der Waals surface area contributed by atoms with Crippen molar-refractivity contribution < 1.29 is 4.52 Å². The van der Waals surface area contributed by atoms with Gasteiger partial charge in [-0.25, -0.2) is 0 Å². The Morgan fingerprint density at radius 2 is 2.14 bits per heavy atom. The Labute approximate surface area is 84.5 Å². The zero-order valence-electron chi connectivity index (χ0n) is 9.22. The van der Waals surface area contributed by atoms with E-state index in [1.165, 1.54) is 12.8 Å². The summed E-state index contributed by atoms with van der Waals surface area (Å²) in [7, 11) is 0. The van der Waals surface area contributed by atoms with Gasteiger partial charge in [-0.3, -0.25) is 4.79 Å². The lowest BCUT2D eigenvalue weighted by Crippen LogP contribution is -2.11. The molecule has 80 valence electrons. The van der Waals surface area contributed by atoms with E-state index in [0.717, 1.165) is 24.2 Å². The standard InChI is InChI=1S/C11H19NO2/c1-4-6-7-9(5-2)10-8(3)14-12-11(10)13/h9H,4-7H2,1-3H3,(H,12,13). The van der Waals surface area contributed by atoms with Crippen molar-refractivity contribution in [3.05, 3.63) is 21.7 Å². The molecule has 0 radical (unpaired) electrons. The quantitative estimate of drug-likeness (QED) is 0.788. The van der Waals surface area contributed by atoms with Crippen LogP contribution in [-0.4, -0.2) is 5.16 Å². The van der Waals surface area contributed by atoms with Crippen molar-refractivity contribution in [3.8, 4) is 0 Å². The Morgan fingerprint density at radius 1 is 1.43 bits per heavy atom. The zero-order chi connectivity index (χ0) is 10.6. The predicted molar refractivity (Wildman–Crippen MR) is 56.6 cm³/mol. The summed E-state index contributed by atoms with van der Waals surface area (Å²) in [6.07, 6.45) is 4.42. The van der Waals surface area contributed by atoms with Gasteiger partial charge < -0.3 is 4.52 Å². The molecule has 0 aliphatic carbocycles. The van der Waals surface area contributed by atoms with Gasteiger partial charge in [0.1, 0.15) is 5.76 Å².